The normalized spacial score (nSPS) is 14.4. The van der Waals surface area contributed by atoms with Crippen LogP contribution in [0, 0.1) is 5.92 Å². The van der Waals surface area contributed by atoms with Gasteiger partial charge in [0.25, 0.3) is 5.91 Å². The van der Waals surface area contributed by atoms with E-state index in [2.05, 4.69) is 13.8 Å². The molecule has 0 saturated heterocycles. The van der Waals surface area contributed by atoms with Gasteiger partial charge in [0.05, 0.1) is 12.8 Å². The van der Waals surface area contributed by atoms with Crippen molar-refractivity contribution in [3.05, 3.63) is 23.8 Å². The number of carbonyl (C=O) groups is 1. The minimum atomic E-state index is 0.0857. The molecule has 1 aromatic carbocycles. The van der Waals surface area contributed by atoms with Crippen molar-refractivity contribution in [3.63, 3.8) is 0 Å². The number of carbonyl (C=O) groups excluding carboxylic acids is 1. The second kappa shape index (κ2) is 6.16. The van der Waals surface area contributed by atoms with E-state index < -0.39 is 0 Å². The summed E-state index contributed by atoms with van der Waals surface area (Å²) < 4.78 is 5.13. The maximum atomic E-state index is 12.6. The SMILES string of the molecule is COc1ccc(C(=O)N(CCC(C)C)C2CC2)cc1N. The van der Waals surface area contributed by atoms with Crippen molar-refractivity contribution in [1.82, 2.24) is 4.90 Å². The van der Waals surface area contributed by atoms with Crippen LogP contribution in [0.1, 0.15) is 43.5 Å². The van der Waals surface area contributed by atoms with Gasteiger partial charge in [-0.15, -0.1) is 0 Å². The summed E-state index contributed by atoms with van der Waals surface area (Å²) in [5, 5.41) is 0. The third kappa shape index (κ3) is 3.44. The van der Waals surface area contributed by atoms with Crippen molar-refractivity contribution in [2.45, 2.75) is 39.2 Å². The second-order valence-corrected chi connectivity index (χ2v) is 5.87. The van der Waals surface area contributed by atoms with Crippen LogP contribution < -0.4 is 10.5 Å². The molecule has 0 radical (unpaired) electrons. The highest BCUT2D eigenvalue weighted by molar-refractivity contribution is 5.95. The standard InChI is InChI=1S/C16H24N2O2/c1-11(2)8-9-18(13-5-6-13)16(19)12-4-7-15(20-3)14(17)10-12/h4,7,10-11,13H,5-6,8-9,17H2,1-3H3. The Morgan fingerprint density at radius 2 is 2.15 bits per heavy atom. The number of nitrogens with two attached hydrogens (primary N) is 1. The van der Waals surface area contributed by atoms with Crippen LogP contribution in [-0.4, -0.2) is 30.5 Å². The number of rotatable bonds is 6. The zero-order valence-corrected chi connectivity index (χ0v) is 12.6. The molecule has 4 heteroatoms. The van der Waals surface area contributed by atoms with Crippen LogP contribution in [0.4, 0.5) is 5.69 Å². The van der Waals surface area contributed by atoms with E-state index in [0.717, 1.165) is 25.8 Å². The number of anilines is 1. The highest BCUT2D eigenvalue weighted by Crippen LogP contribution is 2.30. The Balaban J connectivity index is 2.12. The summed E-state index contributed by atoms with van der Waals surface area (Å²) in [6.07, 6.45) is 3.28. The Kier molecular flexibility index (Phi) is 4.53. The Hall–Kier alpha value is -1.71. The number of nitrogen functional groups attached to an aromatic ring is 1. The highest BCUT2D eigenvalue weighted by Gasteiger charge is 2.32. The predicted molar refractivity (Wildman–Crippen MR) is 80.9 cm³/mol. The fourth-order valence-corrected chi connectivity index (χ4v) is 2.27. The van der Waals surface area contributed by atoms with Crippen LogP contribution in [0.2, 0.25) is 0 Å². The molecule has 1 aliphatic carbocycles. The molecule has 2 N–H and O–H groups in total. The number of methoxy groups -OCH3 is 1. The topological polar surface area (TPSA) is 55.6 Å². The summed E-state index contributed by atoms with van der Waals surface area (Å²) >= 11 is 0. The van der Waals surface area contributed by atoms with Crippen LogP contribution >= 0.6 is 0 Å². The number of ether oxygens (including phenoxy) is 1. The van der Waals surface area contributed by atoms with Crippen molar-refractivity contribution in [2.24, 2.45) is 5.92 Å². The van der Waals surface area contributed by atoms with Gasteiger partial charge >= 0.3 is 0 Å². The molecule has 1 saturated carbocycles. The molecule has 2 rings (SSSR count). The summed E-state index contributed by atoms with van der Waals surface area (Å²) in [4.78, 5) is 14.6. The largest absolute Gasteiger partial charge is 0.495 e. The van der Waals surface area contributed by atoms with Gasteiger partial charge in [0.15, 0.2) is 0 Å². The Morgan fingerprint density at radius 1 is 1.45 bits per heavy atom. The van der Waals surface area contributed by atoms with Gasteiger partial charge in [-0.25, -0.2) is 0 Å². The second-order valence-electron chi connectivity index (χ2n) is 5.87. The summed E-state index contributed by atoms with van der Waals surface area (Å²) in [6, 6.07) is 5.69. The number of hydrogen-bond acceptors (Lipinski definition) is 3. The van der Waals surface area contributed by atoms with Gasteiger partial charge in [-0.1, -0.05) is 13.8 Å². The van der Waals surface area contributed by atoms with Gasteiger partial charge in [-0.05, 0) is 43.4 Å². The fraction of sp³-hybridized carbons (Fsp3) is 0.562. The molecule has 0 bridgehead atoms. The van der Waals surface area contributed by atoms with Gasteiger partial charge in [0.2, 0.25) is 0 Å². The van der Waals surface area contributed by atoms with Crippen LogP contribution in [0.25, 0.3) is 0 Å². The van der Waals surface area contributed by atoms with Crippen molar-refractivity contribution in [3.8, 4) is 5.75 Å². The van der Waals surface area contributed by atoms with E-state index >= 15 is 0 Å². The van der Waals surface area contributed by atoms with E-state index in [0.29, 0.717) is 29.0 Å². The highest BCUT2D eigenvalue weighted by atomic mass is 16.5. The van der Waals surface area contributed by atoms with Crippen LogP contribution in [0.5, 0.6) is 5.75 Å². The molecule has 1 aliphatic rings. The first-order valence-electron chi connectivity index (χ1n) is 7.27. The number of nitrogens with zero attached hydrogens (tertiary/aromatic N) is 1. The quantitative estimate of drug-likeness (QED) is 0.813. The monoisotopic (exact) mass is 276 g/mol. The third-order valence-electron chi connectivity index (χ3n) is 3.67. The molecular formula is C16H24N2O2. The molecule has 0 spiro atoms. The zero-order valence-electron chi connectivity index (χ0n) is 12.6. The minimum Gasteiger partial charge on any atom is -0.495 e. The van der Waals surface area contributed by atoms with Gasteiger partial charge in [0, 0.05) is 18.2 Å². The van der Waals surface area contributed by atoms with E-state index in [1.165, 1.54) is 0 Å². The number of hydrogen-bond donors (Lipinski definition) is 1. The molecule has 0 heterocycles. The Labute approximate surface area is 120 Å². The fourth-order valence-electron chi connectivity index (χ4n) is 2.27. The molecule has 0 unspecified atom stereocenters. The third-order valence-corrected chi connectivity index (χ3v) is 3.67. The first-order valence-corrected chi connectivity index (χ1v) is 7.27. The van der Waals surface area contributed by atoms with Gasteiger partial charge in [-0.2, -0.15) is 0 Å². The molecule has 0 aliphatic heterocycles. The first kappa shape index (κ1) is 14.7. The average molecular weight is 276 g/mol. The van der Waals surface area contributed by atoms with Crippen molar-refractivity contribution >= 4 is 11.6 Å². The smallest absolute Gasteiger partial charge is 0.254 e. The van der Waals surface area contributed by atoms with Gasteiger partial charge in [0.1, 0.15) is 5.75 Å². The van der Waals surface area contributed by atoms with Crippen LogP contribution in [0.15, 0.2) is 18.2 Å². The average Bonchev–Trinajstić information content (AvgIpc) is 3.23. The molecule has 1 fully saturated rings. The molecule has 1 amide bonds. The van der Waals surface area contributed by atoms with Crippen molar-refractivity contribution in [2.75, 3.05) is 19.4 Å². The molecule has 110 valence electrons. The Bertz CT molecular complexity index is 481. The summed E-state index contributed by atoms with van der Waals surface area (Å²) in [6.45, 7) is 5.19. The number of benzene rings is 1. The molecule has 1 aromatic rings. The lowest BCUT2D eigenvalue weighted by Gasteiger charge is -2.23. The van der Waals surface area contributed by atoms with E-state index in [1.54, 1.807) is 25.3 Å². The Morgan fingerprint density at radius 3 is 2.65 bits per heavy atom. The molecule has 0 aromatic heterocycles. The zero-order chi connectivity index (χ0) is 14.7. The van der Waals surface area contributed by atoms with E-state index in [-0.39, 0.29) is 5.91 Å². The molecular weight excluding hydrogens is 252 g/mol. The van der Waals surface area contributed by atoms with Crippen LogP contribution in [-0.2, 0) is 0 Å². The van der Waals surface area contributed by atoms with E-state index in [4.69, 9.17) is 10.5 Å². The molecule has 0 atom stereocenters. The van der Waals surface area contributed by atoms with Crippen molar-refractivity contribution in [1.29, 1.82) is 0 Å². The van der Waals surface area contributed by atoms with Crippen LogP contribution in [0.3, 0.4) is 0 Å². The van der Waals surface area contributed by atoms with E-state index in [9.17, 15) is 4.79 Å². The summed E-state index contributed by atoms with van der Waals surface area (Å²) in [5.74, 6) is 1.30. The lowest BCUT2D eigenvalue weighted by Crippen LogP contribution is -2.34. The molecule has 20 heavy (non-hydrogen) atoms. The predicted octanol–water partition coefficient (Wildman–Crippen LogP) is 2.93. The van der Waals surface area contributed by atoms with Gasteiger partial charge in [-0.3, -0.25) is 4.79 Å². The molecule has 4 nitrogen and oxygen atoms in total. The lowest BCUT2D eigenvalue weighted by molar-refractivity contribution is 0.0735. The van der Waals surface area contributed by atoms with Crippen molar-refractivity contribution < 1.29 is 9.53 Å². The van der Waals surface area contributed by atoms with Gasteiger partial charge < -0.3 is 15.4 Å². The number of amides is 1. The summed E-state index contributed by atoms with van der Waals surface area (Å²) in [5.41, 5.74) is 7.05. The maximum Gasteiger partial charge on any atom is 0.254 e. The maximum absolute atomic E-state index is 12.6. The minimum absolute atomic E-state index is 0.0857. The summed E-state index contributed by atoms with van der Waals surface area (Å²) in [7, 11) is 1.58. The first-order chi connectivity index (χ1) is 9.52. The van der Waals surface area contributed by atoms with E-state index in [1.807, 2.05) is 4.90 Å². The lowest BCUT2D eigenvalue weighted by atomic mass is 10.1.